The van der Waals surface area contributed by atoms with Crippen molar-refractivity contribution < 1.29 is 0 Å². The fourth-order valence-electron chi connectivity index (χ4n) is 4.49. The summed E-state index contributed by atoms with van der Waals surface area (Å²) in [5, 5.41) is 0. The normalized spacial score (nSPS) is 28.4. The Labute approximate surface area is 132 Å². The van der Waals surface area contributed by atoms with E-state index in [1.54, 1.807) is 0 Å². The second kappa shape index (κ2) is 9.15. The fourth-order valence-corrected chi connectivity index (χ4v) is 4.49. The van der Waals surface area contributed by atoms with E-state index >= 15 is 0 Å². The first-order valence-corrected chi connectivity index (χ1v) is 9.59. The van der Waals surface area contributed by atoms with Crippen molar-refractivity contribution in [3.8, 4) is 0 Å². The van der Waals surface area contributed by atoms with Crippen LogP contribution in [0.15, 0.2) is 0 Å². The zero-order valence-electron chi connectivity index (χ0n) is 14.5. The minimum absolute atomic E-state index is 0.800. The molecular weight excluding hydrogens is 256 g/mol. The van der Waals surface area contributed by atoms with Gasteiger partial charge in [0.1, 0.15) is 0 Å². The topological polar surface area (TPSA) is 29.3 Å². The number of hydrogen-bond donors (Lipinski definition) is 1. The van der Waals surface area contributed by atoms with Crippen molar-refractivity contribution in [2.75, 3.05) is 26.2 Å². The van der Waals surface area contributed by atoms with Gasteiger partial charge in [0.2, 0.25) is 0 Å². The molecule has 0 unspecified atom stereocenters. The predicted molar refractivity (Wildman–Crippen MR) is 92.4 cm³/mol. The standard InChI is InChI=1S/C19H38N2/c1-16(2)13-21(14-18-6-4-3-5-7-18)15-19-10-8-17(12-20)9-11-19/h16-19H,3-15,20H2,1-2H3. The molecule has 0 radical (unpaired) electrons. The van der Waals surface area contributed by atoms with E-state index < -0.39 is 0 Å². The molecule has 2 heteroatoms. The van der Waals surface area contributed by atoms with Crippen molar-refractivity contribution >= 4 is 0 Å². The quantitative estimate of drug-likeness (QED) is 0.759. The fraction of sp³-hybridized carbons (Fsp3) is 1.00. The molecule has 2 saturated carbocycles. The average Bonchev–Trinajstić information content (AvgIpc) is 2.48. The summed E-state index contributed by atoms with van der Waals surface area (Å²) in [7, 11) is 0. The molecule has 0 saturated heterocycles. The van der Waals surface area contributed by atoms with E-state index in [1.807, 2.05) is 0 Å². The third kappa shape index (κ3) is 6.28. The maximum atomic E-state index is 5.83. The minimum atomic E-state index is 0.800. The van der Waals surface area contributed by atoms with Gasteiger partial charge in [-0.15, -0.1) is 0 Å². The number of nitrogens with two attached hydrogens (primary N) is 1. The van der Waals surface area contributed by atoms with Crippen LogP contribution >= 0.6 is 0 Å². The van der Waals surface area contributed by atoms with Crippen LogP contribution < -0.4 is 5.73 Å². The lowest BCUT2D eigenvalue weighted by molar-refractivity contribution is 0.137. The molecule has 2 aliphatic carbocycles. The lowest BCUT2D eigenvalue weighted by atomic mass is 9.81. The highest BCUT2D eigenvalue weighted by Crippen LogP contribution is 2.30. The first-order valence-electron chi connectivity index (χ1n) is 9.59. The SMILES string of the molecule is CC(C)CN(CC1CCCCC1)CC1CCC(CN)CC1. The summed E-state index contributed by atoms with van der Waals surface area (Å²) in [4.78, 5) is 2.81. The van der Waals surface area contributed by atoms with Gasteiger partial charge in [-0.3, -0.25) is 0 Å². The van der Waals surface area contributed by atoms with Gasteiger partial charge in [-0.25, -0.2) is 0 Å². The second-order valence-corrected chi connectivity index (χ2v) is 8.24. The van der Waals surface area contributed by atoms with Crippen LogP contribution in [0.25, 0.3) is 0 Å². The molecule has 0 atom stereocenters. The summed E-state index contributed by atoms with van der Waals surface area (Å²) in [5.74, 6) is 3.54. The highest BCUT2D eigenvalue weighted by molar-refractivity contribution is 4.78. The van der Waals surface area contributed by atoms with Crippen LogP contribution in [-0.2, 0) is 0 Å². The second-order valence-electron chi connectivity index (χ2n) is 8.24. The Kier molecular flexibility index (Phi) is 7.53. The molecule has 2 N–H and O–H groups in total. The lowest BCUT2D eigenvalue weighted by Crippen LogP contribution is -2.38. The molecule has 0 amide bonds. The van der Waals surface area contributed by atoms with Gasteiger partial charge in [-0.2, -0.15) is 0 Å². The van der Waals surface area contributed by atoms with Gasteiger partial charge >= 0.3 is 0 Å². The van der Waals surface area contributed by atoms with Gasteiger partial charge in [0.25, 0.3) is 0 Å². The van der Waals surface area contributed by atoms with Gasteiger partial charge in [-0.1, -0.05) is 33.1 Å². The van der Waals surface area contributed by atoms with E-state index in [-0.39, 0.29) is 0 Å². The van der Waals surface area contributed by atoms with Crippen molar-refractivity contribution in [3.05, 3.63) is 0 Å². The van der Waals surface area contributed by atoms with Crippen LogP contribution in [0, 0.1) is 23.7 Å². The summed E-state index contributed by atoms with van der Waals surface area (Å²) in [6.07, 6.45) is 13.0. The van der Waals surface area contributed by atoms with E-state index in [9.17, 15) is 0 Å². The largest absolute Gasteiger partial charge is 0.330 e. The zero-order valence-corrected chi connectivity index (χ0v) is 14.5. The molecule has 0 bridgehead atoms. The van der Waals surface area contributed by atoms with Crippen LogP contribution in [0.5, 0.6) is 0 Å². The molecule has 0 aromatic heterocycles. The Morgan fingerprint density at radius 2 is 1.33 bits per heavy atom. The summed E-state index contributed by atoms with van der Waals surface area (Å²) in [6, 6.07) is 0. The zero-order chi connectivity index (χ0) is 15.1. The van der Waals surface area contributed by atoms with Crippen LogP contribution in [0.1, 0.15) is 71.6 Å². The third-order valence-corrected chi connectivity index (χ3v) is 5.68. The number of rotatable bonds is 7. The molecule has 0 aromatic rings. The molecule has 2 fully saturated rings. The maximum Gasteiger partial charge on any atom is 0.000989 e. The monoisotopic (exact) mass is 294 g/mol. The molecule has 21 heavy (non-hydrogen) atoms. The Morgan fingerprint density at radius 1 is 0.810 bits per heavy atom. The Balaban J connectivity index is 1.78. The van der Waals surface area contributed by atoms with E-state index in [0.29, 0.717) is 0 Å². The van der Waals surface area contributed by atoms with Crippen molar-refractivity contribution in [1.82, 2.24) is 4.90 Å². The molecule has 2 nitrogen and oxygen atoms in total. The van der Waals surface area contributed by atoms with E-state index in [4.69, 9.17) is 5.73 Å². The van der Waals surface area contributed by atoms with Gasteiger partial charge in [0.15, 0.2) is 0 Å². The minimum Gasteiger partial charge on any atom is -0.330 e. The van der Waals surface area contributed by atoms with Crippen LogP contribution in [0.3, 0.4) is 0 Å². The highest BCUT2D eigenvalue weighted by atomic mass is 15.1. The van der Waals surface area contributed by atoms with Gasteiger partial charge in [0.05, 0.1) is 0 Å². The first-order chi connectivity index (χ1) is 10.2. The summed E-state index contributed by atoms with van der Waals surface area (Å²) >= 11 is 0. The first kappa shape index (κ1) is 17.3. The molecule has 2 aliphatic rings. The Hall–Kier alpha value is -0.0800. The van der Waals surface area contributed by atoms with Crippen molar-refractivity contribution in [2.45, 2.75) is 71.6 Å². The Bertz CT molecular complexity index is 263. The van der Waals surface area contributed by atoms with Crippen molar-refractivity contribution in [1.29, 1.82) is 0 Å². The highest BCUT2D eigenvalue weighted by Gasteiger charge is 2.24. The van der Waals surface area contributed by atoms with Crippen LogP contribution in [0.2, 0.25) is 0 Å². The third-order valence-electron chi connectivity index (χ3n) is 5.68. The number of hydrogen-bond acceptors (Lipinski definition) is 2. The predicted octanol–water partition coefficient (Wildman–Crippen LogP) is 4.29. The molecular formula is C19H38N2. The molecule has 2 rings (SSSR count). The van der Waals surface area contributed by atoms with E-state index in [0.717, 1.165) is 30.2 Å². The van der Waals surface area contributed by atoms with Crippen molar-refractivity contribution in [3.63, 3.8) is 0 Å². The number of nitrogens with zero attached hydrogens (tertiary/aromatic N) is 1. The van der Waals surface area contributed by atoms with Gasteiger partial charge in [-0.05, 0) is 68.7 Å². The van der Waals surface area contributed by atoms with E-state index in [1.165, 1.54) is 77.4 Å². The smallest absolute Gasteiger partial charge is 0.000989 e. The Morgan fingerprint density at radius 3 is 1.86 bits per heavy atom. The average molecular weight is 295 g/mol. The molecule has 0 spiro atoms. The van der Waals surface area contributed by atoms with Gasteiger partial charge < -0.3 is 10.6 Å². The lowest BCUT2D eigenvalue weighted by Gasteiger charge is -2.35. The summed E-state index contributed by atoms with van der Waals surface area (Å²) in [5.41, 5.74) is 5.83. The van der Waals surface area contributed by atoms with Gasteiger partial charge in [0, 0.05) is 19.6 Å². The van der Waals surface area contributed by atoms with E-state index in [2.05, 4.69) is 18.7 Å². The van der Waals surface area contributed by atoms with Crippen LogP contribution in [-0.4, -0.2) is 31.1 Å². The molecule has 0 aromatic carbocycles. The van der Waals surface area contributed by atoms with Crippen molar-refractivity contribution in [2.24, 2.45) is 29.4 Å². The summed E-state index contributed by atoms with van der Waals surface area (Å²) < 4.78 is 0. The maximum absolute atomic E-state index is 5.83. The molecule has 0 aliphatic heterocycles. The summed E-state index contributed by atoms with van der Waals surface area (Å²) in [6.45, 7) is 9.68. The van der Waals surface area contributed by atoms with Crippen LogP contribution in [0.4, 0.5) is 0 Å². The molecule has 0 heterocycles. The molecule has 124 valence electrons.